The first-order valence-corrected chi connectivity index (χ1v) is 11.1. The molecule has 0 radical (unpaired) electrons. The molecule has 152 valence electrons. The van der Waals surface area contributed by atoms with Crippen LogP contribution in [0.3, 0.4) is 0 Å². The number of hydrogen-bond acceptors (Lipinski definition) is 5. The number of carbonyl (C=O) groups is 1. The Morgan fingerprint density at radius 2 is 1.89 bits per heavy atom. The van der Waals surface area contributed by atoms with Gasteiger partial charge in [-0.15, -0.1) is 0 Å². The Bertz CT molecular complexity index is 916. The molecule has 0 saturated carbocycles. The number of sulfonamides is 1. The molecule has 1 saturated heterocycles. The van der Waals surface area contributed by atoms with Crippen LogP contribution in [-0.2, 0) is 26.8 Å². The van der Waals surface area contributed by atoms with Gasteiger partial charge in [-0.2, -0.15) is 0 Å². The zero-order valence-electron chi connectivity index (χ0n) is 16.6. The Hall–Kier alpha value is -2.19. The zero-order valence-corrected chi connectivity index (χ0v) is 17.4. The number of amides is 1. The quantitative estimate of drug-likeness (QED) is 0.736. The maximum Gasteiger partial charge on any atom is 0.233 e. The van der Waals surface area contributed by atoms with Crippen LogP contribution in [-0.4, -0.2) is 54.6 Å². The molecule has 1 fully saturated rings. The van der Waals surface area contributed by atoms with Gasteiger partial charge in [0.05, 0.1) is 17.7 Å². The van der Waals surface area contributed by atoms with Gasteiger partial charge < -0.3 is 9.42 Å². The number of hydrogen-bond donors (Lipinski definition) is 0. The van der Waals surface area contributed by atoms with Gasteiger partial charge in [0.25, 0.3) is 0 Å². The predicted octanol–water partition coefficient (Wildman–Crippen LogP) is 2.32. The minimum absolute atomic E-state index is 0.0205. The molecule has 2 aromatic rings. The van der Waals surface area contributed by atoms with Crippen LogP contribution >= 0.6 is 0 Å². The molecule has 3 rings (SSSR count). The van der Waals surface area contributed by atoms with Crippen LogP contribution in [0, 0.1) is 6.92 Å². The van der Waals surface area contributed by atoms with Crippen LogP contribution in [0.4, 0.5) is 0 Å². The van der Waals surface area contributed by atoms with Crippen LogP contribution in [0.5, 0.6) is 0 Å². The largest absolute Gasteiger partial charge is 0.361 e. The first-order valence-electron chi connectivity index (χ1n) is 9.49. The summed E-state index contributed by atoms with van der Waals surface area (Å²) in [6.45, 7) is 4.49. The summed E-state index contributed by atoms with van der Waals surface area (Å²) >= 11 is 0. The first-order chi connectivity index (χ1) is 13.3. The summed E-state index contributed by atoms with van der Waals surface area (Å²) in [7, 11) is -1.50. The Morgan fingerprint density at radius 1 is 1.25 bits per heavy atom. The third kappa shape index (κ3) is 3.98. The highest BCUT2D eigenvalue weighted by Crippen LogP contribution is 2.38. The number of rotatable bonds is 6. The van der Waals surface area contributed by atoms with Crippen molar-refractivity contribution in [2.75, 3.05) is 25.9 Å². The lowest BCUT2D eigenvalue weighted by Crippen LogP contribution is -2.53. The summed E-state index contributed by atoms with van der Waals surface area (Å²) in [5, 5.41) is 3.98. The fraction of sp³-hybridized carbons (Fsp3) is 0.500. The monoisotopic (exact) mass is 405 g/mol. The molecular formula is C20H27N3O4S. The molecule has 2 heterocycles. The van der Waals surface area contributed by atoms with Gasteiger partial charge in [-0.1, -0.05) is 35.5 Å². The number of nitrogens with zero attached hydrogens (tertiary/aromatic N) is 3. The summed E-state index contributed by atoms with van der Waals surface area (Å²) in [6.07, 6.45) is 0.911. The number of aromatic nitrogens is 1. The summed E-state index contributed by atoms with van der Waals surface area (Å²) in [4.78, 5) is 15.2. The van der Waals surface area contributed by atoms with Crippen molar-refractivity contribution in [2.24, 2.45) is 0 Å². The highest BCUT2D eigenvalue weighted by molar-refractivity contribution is 7.89. The molecule has 0 aliphatic carbocycles. The van der Waals surface area contributed by atoms with E-state index in [1.54, 1.807) is 18.9 Å². The van der Waals surface area contributed by atoms with E-state index in [4.69, 9.17) is 4.52 Å². The average Bonchev–Trinajstić information content (AvgIpc) is 3.12. The Labute approximate surface area is 166 Å². The lowest BCUT2D eigenvalue weighted by Gasteiger charge is -2.42. The molecule has 0 spiro atoms. The van der Waals surface area contributed by atoms with Gasteiger partial charge in [-0.25, -0.2) is 12.7 Å². The number of piperidine rings is 1. The van der Waals surface area contributed by atoms with Crippen LogP contribution in [0.15, 0.2) is 40.9 Å². The Balaban J connectivity index is 1.87. The minimum Gasteiger partial charge on any atom is -0.361 e. The van der Waals surface area contributed by atoms with Crippen molar-refractivity contribution in [1.29, 1.82) is 0 Å². The Kier molecular flexibility index (Phi) is 5.90. The summed E-state index contributed by atoms with van der Waals surface area (Å²) < 4.78 is 31.1. The highest BCUT2D eigenvalue weighted by atomic mass is 32.2. The second-order valence-electron chi connectivity index (χ2n) is 7.34. The maximum absolute atomic E-state index is 13.6. The Morgan fingerprint density at radius 3 is 2.43 bits per heavy atom. The third-order valence-electron chi connectivity index (χ3n) is 5.49. The second-order valence-corrected chi connectivity index (χ2v) is 9.60. The van der Waals surface area contributed by atoms with Gasteiger partial charge in [-0.05, 0) is 32.3 Å². The molecule has 8 heteroatoms. The van der Waals surface area contributed by atoms with E-state index in [9.17, 15) is 13.2 Å². The minimum atomic E-state index is -3.26. The van der Waals surface area contributed by atoms with E-state index in [1.807, 2.05) is 43.3 Å². The zero-order chi connectivity index (χ0) is 20.4. The van der Waals surface area contributed by atoms with Crippen LogP contribution in [0.2, 0.25) is 0 Å². The van der Waals surface area contributed by atoms with Crippen molar-refractivity contribution in [2.45, 2.75) is 38.6 Å². The average molecular weight is 406 g/mol. The topological polar surface area (TPSA) is 83.7 Å². The summed E-state index contributed by atoms with van der Waals surface area (Å²) in [6, 6.07) is 11.5. The van der Waals surface area contributed by atoms with E-state index in [1.165, 1.54) is 4.31 Å². The molecule has 0 bridgehead atoms. The van der Waals surface area contributed by atoms with E-state index < -0.39 is 15.4 Å². The fourth-order valence-electron chi connectivity index (χ4n) is 3.88. The van der Waals surface area contributed by atoms with Crippen molar-refractivity contribution in [1.82, 2.24) is 14.4 Å². The molecule has 1 amide bonds. The molecule has 1 aliphatic heterocycles. The van der Waals surface area contributed by atoms with Crippen molar-refractivity contribution < 1.29 is 17.7 Å². The lowest BCUT2D eigenvalue weighted by atomic mass is 9.72. The highest BCUT2D eigenvalue weighted by Gasteiger charge is 2.46. The van der Waals surface area contributed by atoms with E-state index in [0.717, 1.165) is 5.56 Å². The second kappa shape index (κ2) is 8.05. The van der Waals surface area contributed by atoms with E-state index >= 15 is 0 Å². The number of aryl methyl sites for hydroxylation is 1. The molecule has 28 heavy (non-hydrogen) atoms. The van der Waals surface area contributed by atoms with Crippen LogP contribution < -0.4 is 0 Å². The van der Waals surface area contributed by atoms with Gasteiger partial charge in [0.2, 0.25) is 15.9 Å². The normalized spacial score (nSPS) is 17.4. The smallest absolute Gasteiger partial charge is 0.233 e. The van der Waals surface area contributed by atoms with Crippen molar-refractivity contribution in [3.63, 3.8) is 0 Å². The summed E-state index contributed by atoms with van der Waals surface area (Å²) in [5.74, 6) is 0.754. The molecule has 1 aromatic carbocycles. The molecule has 0 unspecified atom stereocenters. The van der Waals surface area contributed by atoms with Gasteiger partial charge in [0, 0.05) is 26.2 Å². The lowest BCUT2D eigenvalue weighted by molar-refractivity contribution is -0.138. The fourth-order valence-corrected chi connectivity index (χ4v) is 4.99. The van der Waals surface area contributed by atoms with E-state index in [-0.39, 0.29) is 11.7 Å². The number of carbonyl (C=O) groups excluding carboxylic acids is 1. The van der Waals surface area contributed by atoms with Crippen LogP contribution in [0.1, 0.15) is 36.8 Å². The van der Waals surface area contributed by atoms with Crippen LogP contribution in [0.25, 0.3) is 0 Å². The van der Waals surface area contributed by atoms with Gasteiger partial charge >= 0.3 is 0 Å². The first kappa shape index (κ1) is 20.5. The maximum atomic E-state index is 13.6. The number of benzene rings is 1. The van der Waals surface area contributed by atoms with Gasteiger partial charge in [-0.3, -0.25) is 4.79 Å². The number of likely N-dealkylation sites (N-methyl/N-ethyl adjacent to an activating group) is 1. The molecule has 1 aromatic heterocycles. The third-order valence-corrected chi connectivity index (χ3v) is 7.37. The molecule has 0 atom stereocenters. The van der Waals surface area contributed by atoms with E-state index in [0.29, 0.717) is 43.9 Å². The SMILES string of the molecule is CCS(=O)(=O)N1CCC(C(=O)N(C)Cc2cc(C)on2)(c2ccccc2)CC1. The van der Waals surface area contributed by atoms with E-state index in [2.05, 4.69) is 5.16 Å². The molecular weight excluding hydrogens is 378 g/mol. The van der Waals surface area contributed by atoms with Gasteiger partial charge in [0.15, 0.2) is 0 Å². The summed E-state index contributed by atoms with van der Waals surface area (Å²) in [5.41, 5.74) is 0.883. The van der Waals surface area contributed by atoms with Gasteiger partial charge in [0.1, 0.15) is 11.5 Å². The van der Waals surface area contributed by atoms with Crippen molar-refractivity contribution in [3.05, 3.63) is 53.4 Å². The molecule has 1 aliphatic rings. The standard InChI is InChI=1S/C20H27N3O4S/c1-4-28(25,26)23-12-10-20(11-13-23,17-8-6-5-7-9-17)19(24)22(3)15-18-14-16(2)27-21-18/h5-9,14H,4,10-13,15H2,1-3H3. The van der Waals surface area contributed by atoms with Crippen molar-refractivity contribution in [3.8, 4) is 0 Å². The van der Waals surface area contributed by atoms with Crippen molar-refractivity contribution >= 4 is 15.9 Å². The molecule has 7 nitrogen and oxygen atoms in total. The molecule has 0 N–H and O–H groups in total. The predicted molar refractivity (Wildman–Crippen MR) is 106 cm³/mol.